The maximum Gasteiger partial charge on any atom is 0.296 e. The molecule has 0 radical (unpaired) electrons. The molecule has 1 heterocycles. The number of hydrogen-bond donors (Lipinski definition) is 1. The highest BCUT2D eigenvalue weighted by Gasteiger charge is 2.26. The number of Topliss-reactive ketones (excluding diaryl/α,β-unsaturated/α-hetero) is 1. The quantitative estimate of drug-likeness (QED) is 0.173. The largest absolute Gasteiger partial charge is 0.495 e. The molecule has 4 aromatic rings. The molecule has 0 atom stereocenters. The molecule has 1 aliphatic rings. The van der Waals surface area contributed by atoms with Crippen molar-refractivity contribution in [2.24, 2.45) is 0 Å². The van der Waals surface area contributed by atoms with Gasteiger partial charge in [-0.2, -0.15) is 0 Å². The summed E-state index contributed by atoms with van der Waals surface area (Å²) < 4.78 is 11.7. The average Bonchev–Trinajstić information content (AvgIpc) is 3.01. The minimum atomic E-state index is -0.720. The number of rotatable bonds is 10. The molecule has 0 saturated carbocycles. The first-order valence-corrected chi connectivity index (χ1v) is 14.3. The van der Waals surface area contributed by atoms with Crippen LogP contribution in [0.4, 0.5) is 5.69 Å². The van der Waals surface area contributed by atoms with Crippen molar-refractivity contribution in [2.45, 2.75) is 38.5 Å². The molecule has 0 unspecified atom stereocenters. The third-order valence-corrected chi connectivity index (χ3v) is 8.11. The number of piperidine rings is 1. The second-order valence-corrected chi connectivity index (χ2v) is 11.1. The summed E-state index contributed by atoms with van der Waals surface area (Å²) in [7, 11) is 1.55. The van der Waals surface area contributed by atoms with Crippen LogP contribution in [0.2, 0.25) is 0 Å². The van der Waals surface area contributed by atoms with Crippen molar-refractivity contribution < 1.29 is 19.1 Å². The van der Waals surface area contributed by atoms with E-state index < -0.39 is 11.7 Å². The number of nitrogens with zero attached hydrogens (tertiary/aromatic N) is 1. The minimum Gasteiger partial charge on any atom is -0.495 e. The SMILES string of the molecule is COc1ccc(C(C)(C)c2ccccc2)cc1NC(=O)C(=O)c1ccc(OCCN2CCCCC2)c2ccccc12. The predicted molar refractivity (Wildman–Crippen MR) is 164 cm³/mol. The van der Waals surface area contributed by atoms with Gasteiger partial charge < -0.3 is 14.8 Å². The fraction of sp³-hybridized carbons (Fsp3) is 0.314. The summed E-state index contributed by atoms with van der Waals surface area (Å²) in [6.45, 7) is 7.94. The van der Waals surface area contributed by atoms with Crippen LogP contribution in [0.5, 0.6) is 11.5 Å². The Bertz CT molecular complexity index is 1520. The van der Waals surface area contributed by atoms with E-state index >= 15 is 0 Å². The zero-order valence-corrected chi connectivity index (χ0v) is 24.1. The summed E-state index contributed by atoms with van der Waals surface area (Å²) in [5.74, 6) is -0.133. The Hall–Kier alpha value is -4.16. The van der Waals surface area contributed by atoms with Crippen molar-refractivity contribution in [1.29, 1.82) is 0 Å². The van der Waals surface area contributed by atoms with Gasteiger partial charge in [-0.05, 0) is 66.7 Å². The maximum absolute atomic E-state index is 13.5. The summed E-state index contributed by atoms with van der Waals surface area (Å²) in [4.78, 5) is 29.3. The van der Waals surface area contributed by atoms with E-state index in [-0.39, 0.29) is 5.41 Å². The third-order valence-electron chi connectivity index (χ3n) is 8.11. The maximum atomic E-state index is 13.5. The van der Waals surface area contributed by atoms with Gasteiger partial charge in [-0.25, -0.2) is 0 Å². The Kier molecular flexibility index (Phi) is 8.70. The first-order valence-electron chi connectivity index (χ1n) is 14.3. The normalized spacial score (nSPS) is 14.0. The number of anilines is 1. The molecule has 0 aliphatic carbocycles. The van der Waals surface area contributed by atoms with Crippen molar-refractivity contribution in [3.63, 3.8) is 0 Å². The fourth-order valence-corrected chi connectivity index (χ4v) is 5.58. The monoisotopic (exact) mass is 550 g/mol. The van der Waals surface area contributed by atoms with Crippen LogP contribution in [0, 0.1) is 0 Å². The van der Waals surface area contributed by atoms with Crippen LogP contribution in [0.3, 0.4) is 0 Å². The van der Waals surface area contributed by atoms with Crippen molar-refractivity contribution in [2.75, 3.05) is 38.7 Å². The second kappa shape index (κ2) is 12.6. The minimum absolute atomic E-state index is 0.322. The second-order valence-electron chi connectivity index (χ2n) is 11.1. The molecule has 6 nitrogen and oxygen atoms in total. The number of hydrogen-bond acceptors (Lipinski definition) is 5. The molecule has 6 heteroatoms. The van der Waals surface area contributed by atoms with Gasteiger partial charge in [0.05, 0.1) is 12.8 Å². The number of carbonyl (C=O) groups excluding carboxylic acids is 2. The number of ether oxygens (including phenoxy) is 2. The van der Waals surface area contributed by atoms with Gasteiger partial charge in [0.15, 0.2) is 0 Å². The molecule has 0 spiro atoms. The molecule has 1 amide bonds. The molecule has 41 heavy (non-hydrogen) atoms. The Morgan fingerprint density at radius 2 is 1.49 bits per heavy atom. The van der Waals surface area contributed by atoms with E-state index in [0.717, 1.165) is 36.1 Å². The third kappa shape index (κ3) is 6.28. The van der Waals surface area contributed by atoms with Gasteiger partial charge in [-0.15, -0.1) is 0 Å². The summed E-state index contributed by atoms with van der Waals surface area (Å²) in [5, 5.41) is 4.33. The van der Waals surface area contributed by atoms with E-state index in [1.54, 1.807) is 19.2 Å². The standard InChI is InChI=1S/C35H38N2O4/c1-35(2,25-12-6-4-7-13-25)26-16-18-32(40-3)30(24-26)36-34(39)33(38)29-17-19-31(28-15-9-8-14-27(28)29)41-23-22-37-20-10-5-11-21-37/h4,6-9,12-19,24H,5,10-11,20-23H2,1-3H3,(H,36,39). The highest BCUT2D eigenvalue weighted by Crippen LogP contribution is 2.36. The van der Waals surface area contributed by atoms with Crippen LogP contribution in [0.25, 0.3) is 10.8 Å². The van der Waals surface area contributed by atoms with E-state index in [1.807, 2.05) is 60.7 Å². The van der Waals surface area contributed by atoms with Gasteiger partial charge in [0, 0.05) is 22.9 Å². The molecular formula is C35H38N2O4. The molecule has 0 aromatic heterocycles. The van der Waals surface area contributed by atoms with Gasteiger partial charge >= 0.3 is 0 Å². The Morgan fingerprint density at radius 1 is 0.805 bits per heavy atom. The molecule has 1 saturated heterocycles. The topological polar surface area (TPSA) is 67.9 Å². The number of amides is 1. The van der Waals surface area contributed by atoms with Crippen molar-refractivity contribution in [3.05, 3.63) is 102 Å². The highest BCUT2D eigenvalue weighted by atomic mass is 16.5. The Labute approximate surface area is 242 Å². The number of benzene rings is 4. The lowest BCUT2D eigenvalue weighted by Crippen LogP contribution is -2.33. The van der Waals surface area contributed by atoms with E-state index in [0.29, 0.717) is 34.7 Å². The number of methoxy groups -OCH3 is 1. The van der Waals surface area contributed by atoms with E-state index in [1.165, 1.54) is 19.3 Å². The van der Waals surface area contributed by atoms with Gasteiger partial charge in [-0.3, -0.25) is 14.5 Å². The lowest BCUT2D eigenvalue weighted by atomic mass is 9.78. The predicted octanol–water partition coefficient (Wildman–Crippen LogP) is 6.86. The lowest BCUT2D eigenvalue weighted by molar-refractivity contribution is -0.112. The van der Waals surface area contributed by atoms with Crippen LogP contribution in [-0.4, -0.2) is 49.9 Å². The average molecular weight is 551 g/mol. The molecule has 1 N–H and O–H groups in total. The van der Waals surface area contributed by atoms with Gasteiger partial charge in [0.2, 0.25) is 0 Å². The van der Waals surface area contributed by atoms with Gasteiger partial charge in [0.25, 0.3) is 11.7 Å². The summed E-state index contributed by atoms with van der Waals surface area (Å²) in [5.41, 5.74) is 2.60. The number of fused-ring (bicyclic) bond motifs is 1. The Morgan fingerprint density at radius 3 is 2.22 bits per heavy atom. The zero-order chi connectivity index (χ0) is 28.8. The van der Waals surface area contributed by atoms with Crippen molar-refractivity contribution in [1.82, 2.24) is 4.90 Å². The molecule has 0 bridgehead atoms. The van der Waals surface area contributed by atoms with Crippen molar-refractivity contribution >= 4 is 28.2 Å². The molecular weight excluding hydrogens is 512 g/mol. The number of carbonyl (C=O) groups is 2. The lowest BCUT2D eigenvalue weighted by Gasteiger charge is -2.27. The molecule has 5 rings (SSSR count). The van der Waals surface area contributed by atoms with Crippen LogP contribution in [0.15, 0.2) is 84.9 Å². The van der Waals surface area contributed by atoms with E-state index in [9.17, 15) is 9.59 Å². The number of ketones is 1. The fourth-order valence-electron chi connectivity index (χ4n) is 5.58. The molecule has 4 aromatic carbocycles. The summed E-state index contributed by atoms with van der Waals surface area (Å²) in [6, 6.07) is 26.9. The number of nitrogens with one attached hydrogen (secondary N) is 1. The van der Waals surface area contributed by atoms with E-state index in [4.69, 9.17) is 9.47 Å². The van der Waals surface area contributed by atoms with Crippen LogP contribution >= 0.6 is 0 Å². The first-order chi connectivity index (χ1) is 19.9. The van der Waals surface area contributed by atoms with Gasteiger partial charge in [0.1, 0.15) is 18.1 Å². The summed E-state index contributed by atoms with van der Waals surface area (Å²) >= 11 is 0. The van der Waals surface area contributed by atoms with Gasteiger partial charge in [-0.1, -0.05) is 80.9 Å². The molecule has 212 valence electrons. The smallest absolute Gasteiger partial charge is 0.296 e. The Balaban J connectivity index is 1.36. The highest BCUT2D eigenvalue weighted by molar-refractivity contribution is 6.48. The van der Waals surface area contributed by atoms with Crippen LogP contribution in [-0.2, 0) is 10.2 Å². The molecule has 1 fully saturated rings. The van der Waals surface area contributed by atoms with E-state index in [2.05, 4.69) is 36.2 Å². The summed E-state index contributed by atoms with van der Waals surface area (Å²) in [6.07, 6.45) is 3.78. The van der Waals surface area contributed by atoms with Crippen molar-refractivity contribution in [3.8, 4) is 11.5 Å². The first kappa shape index (κ1) is 28.4. The zero-order valence-electron chi connectivity index (χ0n) is 24.1. The van der Waals surface area contributed by atoms with Crippen LogP contribution < -0.4 is 14.8 Å². The number of likely N-dealkylation sites (tertiary alicyclic amines) is 1. The van der Waals surface area contributed by atoms with Crippen LogP contribution in [0.1, 0.15) is 54.6 Å². The molecule has 1 aliphatic heterocycles.